The van der Waals surface area contributed by atoms with E-state index in [4.69, 9.17) is 9.47 Å². The van der Waals surface area contributed by atoms with E-state index >= 15 is 0 Å². The molecule has 1 fully saturated rings. The van der Waals surface area contributed by atoms with Gasteiger partial charge in [0.2, 0.25) is 0 Å². The molecule has 4 rings (SSSR count). The summed E-state index contributed by atoms with van der Waals surface area (Å²) in [5.74, 6) is 1.39. The van der Waals surface area contributed by atoms with Crippen LogP contribution in [0.4, 0.5) is 5.69 Å². The number of para-hydroxylation sites is 1. The molecule has 2 heterocycles. The molecule has 0 bridgehead atoms. The molecular weight excluding hydrogens is 348 g/mol. The number of thioether (sulfide) groups is 1. The summed E-state index contributed by atoms with van der Waals surface area (Å²) in [6.45, 7) is 3.11. The van der Waals surface area contributed by atoms with E-state index < -0.39 is 0 Å². The summed E-state index contributed by atoms with van der Waals surface area (Å²) in [4.78, 5) is 19.5. The van der Waals surface area contributed by atoms with Crippen LogP contribution >= 0.6 is 11.8 Å². The first-order chi connectivity index (χ1) is 12.6. The molecule has 2 aliphatic rings. The molecule has 2 aliphatic heterocycles. The second kappa shape index (κ2) is 6.88. The molecule has 2 aromatic rings. The molecule has 2 aromatic carbocycles. The van der Waals surface area contributed by atoms with Crippen molar-refractivity contribution in [3.8, 4) is 11.5 Å². The van der Waals surface area contributed by atoms with E-state index in [0.29, 0.717) is 29.0 Å². The molecular formula is C20H18N2O3S. The maximum absolute atomic E-state index is 12.6. The molecule has 0 saturated carbocycles. The highest BCUT2D eigenvalue weighted by Crippen LogP contribution is 2.36. The van der Waals surface area contributed by atoms with Gasteiger partial charge in [0.1, 0.15) is 13.2 Å². The normalized spacial score (nSPS) is 19.5. The van der Waals surface area contributed by atoms with Gasteiger partial charge in [-0.25, -0.2) is 4.99 Å². The Morgan fingerprint density at radius 2 is 1.88 bits per heavy atom. The van der Waals surface area contributed by atoms with Gasteiger partial charge in [0.25, 0.3) is 5.91 Å². The smallest absolute Gasteiger partial charge is 0.266 e. The predicted octanol–water partition coefficient (Wildman–Crippen LogP) is 4.00. The minimum absolute atomic E-state index is 0.0581. The van der Waals surface area contributed by atoms with Gasteiger partial charge < -0.3 is 9.47 Å². The number of carbonyl (C=O) groups excluding carboxylic acids is 1. The van der Waals surface area contributed by atoms with Gasteiger partial charge in [0, 0.05) is 7.05 Å². The van der Waals surface area contributed by atoms with Crippen LogP contribution in [-0.2, 0) is 4.79 Å². The number of nitrogens with zero attached hydrogens (tertiary/aromatic N) is 2. The fourth-order valence-electron chi connectivity index (χ4n) is 2.74. The Hall–Kier alpha value is -2.73. The maximum Gasteiger partial charge on any atom is 0.266 e. The molecule has 0 aromatic heterocycles. The topological polar surface area (TPSA) is 51.1 Å². The van der Waals surface area contributed by atoms with Gasteiger partial charge in [0.05, 0.1) is 10.6 Å². The largest absolute Gasteiger partial charge is 0.486 e. The first-order valence-corrected chi connectivity index (χ1v) is 9.15. The van der Waals surface area contributed by atoms with Crippen molar-refractivity contribution in [1.29, 1.82) is 0 Å². The van der Waals surface area contributed by atoms with Crippen LogP contribution in [0.3, 0.4) is 0 Å². The van der Waals surface area contributed by atoms with Crippen molar-refractivity contribution in [2.24, 2.45) is 4.99 Å². The lowest BCUT2D eigenvalue weighted by molar-refractivity contribution is -0.121. The Balaban J connectivity index is 1.63. The number of benzene rings is 2. The zero-order chi connectivity index (χ0) is 18.1. The summed E-state index contributed by atoms with van der Waals surface area (Å²) in [5.41, 5.74) is 2.84. The summed E-state index contributed by atoms with van der Waals surface area (Å²) in [6, 6.07) is 13.6. The van der Waals surface area contributed by atoms with Crippen LogP contribution in [0.2, 0.25) is 0 Å². The van der Waals surface area contributed by atoms with Crippen molar-refractivity contribution in [3.05, 3.63) is 58.5 Å². The molecule has 6 heteroatoms. The Kier molecular flexibility index (Phi) is 4.42. The molecule has 0 atom stereocenters. The number of amidine groups is 1. The number of aliphatic imine (C=N–C) groups is 1. The van der Waals surface area contributed by atoms with Gasteiger partial charge in [-0.1, -0.05) is 24.3 Å². The van der Waals surface area contributed by atoms with Gasteiger partial charge in [0.15, 0.2) is 16.7 Å². The van der Waals surface area contributed by atoms with Crippen LogP contribution in [0.15, 0.2) is 52.4 Å². The summed E-state index contributed by atoms with van der Waals surface area (Å²) < 4.78 is 11.1. The van der Waals surface area contributed by atoms with Crippen LogP contribution in [0.25, 0.3) is 6.08 Å². The molecule has 0 unspecified atom stereocenters. The van der Waals surface area contributed by atoms with Gasteiger partial charge in [-0.05, 0) is 54.1 Å². The van der Waals surface area contributed by atoms with Crippen molar-refractivity contribution >= 4 is 34.6 Å². The van der Waals surface area contributed by atoms with Gasteiger partial charge >= 0.3 is 0 Å². The minimum Gasteiger partial charge on any atom is -0.486 e. The Labute approximate surface area is 156 Å². The van der Waals surface area contributed by atoms with Crippen molar-refractivity contribution in [1.82, 2.24) is 4.90 Å². The molecule has 132 valence electrons. The van der Waals surface area contributed by atoms with Gasteiger partial charge in [-0.3, -0.25) is 9.69 Å². The highest BCUT2D eigenvalue weighted by atomic mass is 32.2. The third-order valence-electron chi connectivity index (χ3n) is 4.20. The van der Waals surface area contributed by atoms with Gasteiger partial charge in [-0.15, -0.1) is 0 Å². The Bertz CT molecular complexity index is 936. The van der Waals surface area contributed by atoms with Crippen LogP contribution in [0, 0.1) is 6.92 Å². The zero-order valence-corrected chi connectivity index (χ0v) is 15.4. The number of likely N-dealkylation sites (N-methyl/N-ethyl adjacent to an activating group) is 1. The van der Waals surface area contributed by atoms with E-state index in [9.17, 15) is 4.79 Å². The second-order valence-corrected chi connectivity index (χ2v) is 7.07. The highest BCUT2D eigenvalue weighted by molar-refractivity contribution is 8.18. The molecule has 1 amide bonds. The lowest BCUT2D eigenvalue weighted by atomic mass is 10.1. The SMILES string of the molecule is Cc1ccccc1/N=C1\S/C(=C\c2ccc3c(c2)OCCO3)C(=O)N1C. The van der Waals surface area contributed by atoms with E-state index in [2.05, 4.69) is 4.99 Å². The average molecular weight is 366 g/mol. The summed E-state index contributed by atoms with van der Waals surface area (Å²) in [7, 11) is 1.75. The van der Waals surface area contributed by atoms with E-state index in [1.165, 1.54) is 11.8 Å². The predicted molar refractivity (Wildman–Crippen MR) is 104 cm³/mol. The summed E-state index contributed by atoms with van der Waals surface area (Å²) >= 11 is 1.38. The quantitative estimate of drug-likeness (QED) is 0.754. The number of hydrogen-bond donors (Lipinski definition) is 0. The lowest BCUT2D eigenvalue weighted by Crippen LogP contribution is -2.23. The van der Waals surface area contributed by atoms with Crippen LogP contribution in [0.1, 0.15) is 11.1 Å². The highest BCUT2D eigenvalue weighted by Gasteiger charge is 2.30. The number of amides is 1. The zero-order valence-electron chi connectivity index (χ0n) is 14.6. The first-order valence-electron chi connectivity index (χ1n) is 8.33. The van der Waals surface area contributed by atoms with E-state index in [1.807, 2.05) is 55.5 Å². The fourth-order valence-corrected chi connectivity index (χ4v) is 3.72. The lowest BCUT2D eigenvalue weighted by Gasteiger charge is -2.18. The summed E-state index contributed by atoms with van der Waals surface area (Å²) in [6.07, 6.45) is 1.86. The van der Waals surface area contributed by atoms with E-state index in [1.54, 1.807) is 11.9 Å². The van der Waals surface area contributed by atoms with Gasteiger partial charge in [-0.2, -0.15) is 0 Å². The molecule has 0 aliphatic carbocycles. The molecule has 5 nitrogen and oxygen atoms in total. The fraction of sp³-hybridized carbons (Fsp3) is 0.200. The molecule has 26 heavy (non-hydrogen) atoms. The van der Waals surface area contributed by atoms with Crippen LogP contribution in [0.5, 0.6) is 11.5 Å². The second-order valence-electron chi connectivity index (χ2n) is 6.06. The Morgan fingerprint density at radius 3 is 2.69 bits per heavy atom. The maximum atomic E-state index is 12.6. The number of ether oxygens (including phenoxy) is 2. The first kappa shape index (κ1) is 16.7. The van der Waals surface area contributed by atoms with Crippen LogP contribution < -0.4 is 9.47 Å². The number of carbonyl (C=O) groups is 1. The van der Waals surface area contributed by atoms with Crippen molar-refractivity contribution in [2.45, 2.75) is 6.92 Å². The molecule has 0 N–H and O–H groups in total. The minimum atomic E-state index is -0.0581. The average Bonchev–Trinajstić information content (AvgIpc) is 2.91. The van der Waals surface area contributed by atoms with Crippen LogP contribution in [-0.4, -0.2) is 36.2 Å². The Morgan fingerprint density at radius 1 is 1.12 bits per heavy atom. The van der Waals surface area contributed by atoms with E-state index in [0.717, 1.165) is 22.6 Å². The molecule has 1 saturated heterocycles. The number of aryl methyl sites for hydroxylation is 1. The number of fused-ring (bicyclic) bond motifs is 1. The third-order valence-corrected chi connectivity index (χ3v) is 5.26. The number of rotatable bonds is 2. The molecule has 0 radical (unpaired) electrons. The van der Waals surface area contributed by atoms with E-state index in [-0.39, 0.29) is 5.91 Å². The standard InChI is InChI=1S/C20H18N2O3S/c1-13-5-3-4-6-15(13)21-20-22(2)19(23)18(26-20)12-14-7-8-16-17(11-14)25-10-9-24-16/h3-8,11-12H,9-10H2,1-2H3/b18-12-,21-20-. The van der Waals surface area contributed by atoms with Crippen molar-refractivity contribution in [3.63, 3.8) is 0 Å². The van der Waals surface area contributed by atoms with Crippen molar-refractivity contribution in [2.75, 3.05) is 20.3 Å². The monoisotopic (exact) mass is 366 g/mol. The molecule has 0 spiro atoms. The number of hydrogen-bond acceptors (Lipinski definition) is 5. The van der Waals surface area contributed by atoms with Crippen molar-refractivity contribution < 1.29 is 14.3 Å². The third kappa shape index (κ3) is 3.20. The summed E-state index contributed by atoms with van der Waals surface area (Å²) in [5, 5.41) is 0.674.